The highest BCUT2D eigenvalue weighted by Gasteiger charge is 2.36. The molecule has 0 bridgehead atoms. The largest absolute Gasteiger partial charge is 0.497 e. The summed E-state index contributed by atoms with van der Waals surface area (Å²) in [4.78, 5) is 0. The van der Waals surface area contributed by atoms with Crippen molar-refractivity contribution in [1.29, 1.82) is 0 Å². The van der Waals surface area contributed by atoms with Crippen LogP contribution in [0.1, 0.15) is 11.9 Å². The van der Waals surface area contributed by atoms with Gasteiger partial charge in [-0.3, -0.25) is 0 Å². The fourth-order valence-electron chi connectivity index (χ4n) is 2.89. The fraction of sp³-hybridized carbons (Fsp3) is 0.300. The number of para-hydroxylation sites is 1. The van der Waals surface area contributed by atoms with Gasteiger partial charge in [-0.05, 0) is 30.3 Å². The summed E-state index contributed by atoms with van der Waals surface area (Å²) in [6, 6.07) is 17.3. The standard InChI is InChI=1S/C20H20O5/c1-21-15-9-7-14(8-10-15)20-22-13-18-17(25-20)11-12-19(24-18)23-16-5-3-2-4-6-16/h2-12,17-20H,13H2,1H3/t17-,18+,19-,20+/m0/s1. The van der Waals surface area contributed by atoms with E-state index in [0.29, 0.717) is 6.61 Å². The van der Waals surface area contributed by atoms with Gasteiger partial charge in [0.15, 0.2) is 6.29 Å². The van der Waals surface area contributed by atoms with Gasteiger partial charge in [-0.25, -0.2) is 0 Å². The summed E-state index contributed by atoms with van der Waals surface area (Å²) in [6.45, 7) is 0.445. The van der Waals surface area contributed by atoms with Crippen LogP contribution in [-0.2, 0) is 14.2 Å². The number of hydrogen-bond acceptors (Lipinski definition) is 5. The highest BCUT2D eigenvalue weighted by atomic mass is 16.7. The predicted molar refractivity (Wildman–Crippen MR) is 91.4 cm³/mol. The van der Waals surface area contributed by atoms with Crippen LogP contribution in [0.2, 0.25) is 0 Å². The molecule has 1 fully saturated rings. The summed E-state index contributed by atoms with van der Waals surface area (Å²) in [5.41, 5.74) is 0.954. The molecule has 0 radical (unpaired) electrons. The third kappa shape index (κ3) is 3.69. The van der Waals surface area contributed by atoms with Gasteiger partial charge in [-0.15, -0.1) is 0 Å². The quantitative estimate of drug-likeness (QED) is 0.798. The zero-order valence-electron chi connectivity index (χ0n) is 13.9. The first-order valence-electron chi connectivity index (χ1n) is 8.28. The molecule has 0 unspecified atom stereocenters. The molecule has 0 amide bonds. The second-order valence-electron chi connectivity index (χ2n) is 5.90. The van der Waals surface area contributed by atoms with Crippen LogP contribution >= 0.6 is 0 Å². The summed E-state index contributed by atoms with van der Waals surface area (Å²) in [7, 11) is 1.64. The molecule has 5 heteroatoms. The van der Waals surface area contributed by atoms with E-state index < -0.39 is 12.6 Å². The second-order valence-corrected chi connectivity index (χ2v) is 5.90. The van der Waals surface area contributed by atoms with Crippen molar-refractivity contribution in [1.82, 2.24) is 0 Å². The molecule has 1 saturated heterocycles. The number of hydrogen-bond donors (Lipinski definition) is 0. The van der Waals surface area contributed by atoms with Crippen molar-refractivity contribution in [2.45, 2.75) is 24.8 Å². The zero-order valence-corrected chi connectivity index (χ0v) is 13.9. The van der Waals surface area contributed by atoms with Crippen LogP contribution in [0.25, 0.3) is 0 Å². The molecular formula is C20H20O5. The number of fused-ring (bicyclic) bond motifs is 1. The highest BCUT2D eigenvalue weighted by molar-refractivity contribution is 5.28. The maximum Gasteiger partial charge on any atom is 0.220 e. The summed E-state index contributed by atoms with van der Waals surface area (Å²) < 4.78 is 28.8. The Balaban J connectivity index is 1.40. The van der Waals surface area contributed by atoms with Crippen molar-refractivity contribution in [3.05, 3.63) is 72.3 Å². The Hall–Kier alpha value is -2.34. The molecule has 0 aromatic heterocycles. The van der Waals surface area contributed by atoms with E-state index in [0.717, 1.165) is 17.1 Å². The number of ether oxygens (including phenoxy) is 5. The van der Waals surface area contributed by atoms with E-state index in [1.54, 1.807) is 7.11 Å². The third-order valence-electron chi connectivity index (χ3n) is 4.21. The Bertz CT molecular complexity index is 713. The van der Waals surface area contributed by atoms with Crippen LogP contribution in [-0.4, -0.2) is 32.2 Å². The predicted octanol–water partition coefficient (Wildman–Crippen LogP) is 3.47. The van der Waals surface area contributed by atoms with Gasteiger partial charge in [0, 0.05) is 5.56 Å². The zero-order chi connectivity index (χ0) is 17.1. The van der Waals surface area contributed by atoms with Crippen LogP contribution < -0.4 is 9.47 Å². The molecule has 25 heavy (non-hydrogen) atoms. The normalized spacial score (nSPS) is 28.2. The Morgan fingerprint density at radius 1 is 0.880 bits per heavy atom. The van der Waals surface area contributed by atoms with Gasteiger partial charge in [0.05, 0.1) is 13.7 Å². The average molecular weight is 340 g/mol. The number of rotatable bonds is 4. The molecule has 0 aliphatic carbocycles. The average Bonchev–Trinajstić information content (AvgIpc) is 2.68. The molecular weight excluding hydrogens is 320 g/mol. The molecule has 0 saturated carbocycles. The van der Waals surface area contributed by atoms with Crippen molar-refractivity contribution in [3.8, 4) is 11.5 Å². The van der Waals surface area contributed by atoms with Gasteiger partial charge >= 0.3 is 0 Å². The lowest BCUT2D eigenvalue weighted by atomic mass is 10.1. The van der Waals surface area contributed by atoms with Gasteiger partial charge in [0.2, 0.25) is 6.29 Å². The first-order chi connectivity index (χ1) is 12.3. The van der Waals surface area contributed by atoms with Crippen LogP contribution in [0.5, 0.6) is 11.5 Å². The fourth-order valence-corrected chi connectivity index (χ4v) is 2.89. The monoisotopic (exact) mass is 340 g/mol. The van der Waals surface area contributed by atoms with Crippen molar-refractivity contribution in [3.63, 3.8) is 0 Å². The van der Waals surface area contributed by atoms with E-state index in [1.807, 2.05) is 66.7 Å². The Kier molecular flexibility index (Phi) is 4.70. The second kappa shape index (κ2) is 7.27. The molecule has 130 valence electrons. The smallest absolute Gasteiger partial charge is 0.220 e. The van der Waals surface area contributed by atoms with Gasteiger partial charge in [-0.2, -0.15) is 0 Å². The van der Waals surface area contributed by atoms with Gasteiger partial charge in [0.25, 0.3) is 0 Å². The van der Waals surface area contributed by atoms with Gasteiger partial charge < -0.3 is 23.7 Å². The summed E-state index contributed by atoms with van der Waals surface area (Å²) >= 11 is 0. The molecule has 5 nitrogen and oxygen atoms in total. The van der Waals surface area contributed by atoms with E-state index in [4.69, 9.17) is 23.7 Å². The number of methoxy groups -OCH3 is 1. The van der Waals surface area contributed by atoms with Crippen LogP contribution in [0, 0.1) is 0 Å². The van der Waals surface area contributed by atoms with E-state index in [-0.39, 0.29) is 12.2 Å². The van der Waals surface area contributed by atoms with E-state index in [2.05, 4.69) is 0 Å². The molecule has 2 aliphatic rings. The van der Waals surface area contributed by atoms with Crippen molar-refractivity contribution in [2.75, 3.05) is 13.7 Å². The maximum atomic E-state index is 6.02. The van der Waals surface area contributed by atoms with Crippen LogP contribution in [0.4, 0.5) is 0 Å². The summed E-state index contributed by atoms with van der Waals surface area (Å²) in [5, 5.41) is 0. The molecule has 2 heterocycles. The summed E-state index contributed by atoms with van der Waals surface area (Å²) in [6.07, 6.45) is 2.68. The van der Waals surface area contributed by atoms with Gasteiger partial charge in [-0.1, -0.05) is 36.4 Å². The minimum atomic E-state index is -0.437. The van der Waals surface area contributed by atoms with Crippen LogP contribution in [0.15, 0.2) is 66.7 Å². The van der Waals surface area contributed by atoms with Crippen molar-refractivity contribution in [2.24, 2.45) is 0 Å². The van der Waals surface area contributed by atoms with E-state index >= 15 is 0 Å². The Morgan fingerprint density at radius 3 is 2.44 bits per heavy atom. The molecule has 2 aliphatic heterocycles. The lowest BCUT2D eigenvalue weighted by molar-refractivity contribution is -0.275. The van der Waals surface area contributed by atoms with E-state index in [1.165, 1.54) is 0 Å². The molecule has 4 atom stereocenters. The minimum Gasteiger partial charge on any atom is -0.497 e. The first kappa shape index (κ1) is 16.1. The topological polar surface area (TPSA) is 46.2 Å². The summed E-state index contributed by atoms with van der Waals surface area (Å²) in [5.74, 6) is 1.57. The molecule has 2 aromatic carbocycles. The number of benzene rings is 2. The third-order valence-corrected chi connectivity index (χ3v) is 4.21. The lowest BCUT2D eigenvalue weighted by Gasteiger charge is -2.38. The molecule has 0 N–H and O–H groups in total. The highest BCUT2D eigenvalue weighted by Crippen LogP contribution is 2.32. The molecule has 0 spiro atoms. The molecule has 4 rings (SSSR count). The minimum absolute atomic E-state index is 0.156. The van der Waals surface area contributed by atoms with Crippen LogP contribution in [0.3, 0.4) is 0 Å². The van der Waals surface area contributed by atoms with Crippen molar-refractivity contribution < 1.29 is 23.7 Å². The first-order valence-corrected chi connectivity index (χ1v) is 8.28. The van der Waals surface area contributed by atoms with Crippen molar-refractivity contribution >= 4 is 0 Å². The van der Waals surface area contributed by atoms with E-state index in [9.17, 15) is 0 Å². The molecule has 2 aromatic rings. The Morgan fingerprint density at radius 2 is 1.68 bits per heavy atom. The van der Waals surface area contributed by atoms with Gasteiger partial charge in [0.1, 0.15) is 23.7 Å². The Labute approximate surface area is 146 Å². The maximum absolute atomic E-state index is 6.02. The SMILES string of the molecule is COc1ccc([C@@H]2OC[C@H]3O[C@H](Oc4ccccc4)C=C[C@@H]3O2)cc1. The lowest BCUT2D eigenvalue weighted by Crippen LogP contribution is -2.46.